The number of benzene rings is 2. The summed E-state index contributed by atoms with van der Waals surface area (Å²) in [7, 11) is 3.75. The molecule has 0 spiro atoms. The molecule has 1 aliphatic rings. The highest BCUT2D eigenvalue weighted by atomic mass is 16.5. The summed E-state index contributed by atoms with van der Waals surface area (Å²) in [5, 5.41) is 5.90. The Morgan fingerprint density at radius 2 is 1.70 bits per heavy atom. The molecule has 2 heterocycles. The van der Waals surface area contributed by atoms with Crippen LogP contribution in [0.15, 0.2) is 72.9 Å². The van der Waals surface area contributed by atoms with Crippen molar-refractivity contribution in [3.63, 3.8) is 0 Å². The molecule has 2 aromatic carbocycles. The molecule has 0 unspecified atom stereocenters. The Hall–Kier alpha value is -3.82. The van der Waals surface area contributed by atoms with Gasteiger partial charge in [0.05, 0.1) is 13.7 Å². The summed E-state index contributed by atoms with van der Waals surface area (Å²) < 4.78 is 11.2. The second-order valence-electron chi connectivity index (χ2n) is 11.1. The molecule has 4 rings (SSSR count). The van der Waals surface area contributed by atoms with Gasteiger partial charge in [-0.25, -0.2) is 9.78 Å². The van der Waals surface area contributed by atoms with Crippen molar-refractivity contribution in [2.45, 2.75) is 38.8 Å². The molecule has 1 aliphatic heterocycles. The zero-order valence-corrected chi connectivity index (χ0v) is 25.8. The number of carbonyl (C=O) groups excluding carboxylic acids is 1. The predicted octanol–water partition coefficient (Wildman–Crippen LogP) is 4.78. The summed E-state index contributed by atoms with van der Waals surface area (Å²) in [6.07, 6.45) is 6.52. The highest BCUT2D eigenvalue weighted by Crippen LogP contribution is 2.19. The van der Waals surface area contributed by atoms with Gasteiger partial charge in [0.2, 0.25) is 0 Å². The molecule has 9 nitrogen and oxygen atoms in total. The molecule has 0 bridgehead atoms. The van der Waals surface area contributed by atoms with E-state index in [1.807, 2.05) is 42.6 Å². The van der Waals surface area contributed by atoms with E-state index in [1.165, 1.54) is 43.5 Å². The van der Waals surface area contributed by atoms with E-state index in [-0.39, 0.29) is 6.03 Å². The highest BCUT2D eigenvalue weighted by Gasteiger charge is 2.12. The molecule has 43 heavy (non-hydrogen) atoms. The fourth-order valence-corrected chi connectivity index (χ4v) is 5.17. The number of pyridine rings is 1. The van der Waals surface area contributed by atoms with Crippen molar-refractivity contribution >= 4 is 11.8 Å². The number of hydrogen-bond acceptors (Lipinski definition) is 7. The predicted molar refractivity (Wildman–Crippen MR) is 173 cm³/mol. The third-order valence-corrected chi connectivity index (χ3v) is 7.67. The van der Waals surface area contributed by atoms with Crippen LogP contribution in [0.25, 0.3) is 0 Å². The van der Waals surface area contributed by atoms with Gasteiger partial charge in [0.1, 0.15) is 17.3 Å². The molecule has 1 saturated heterocycles. The van der Waals surface area contributed by atoms with Gasteiger partial charge >= 0.3 is 6.03 Å². The van der Waals surface area contributed by atoms with Gasteiger partial charge in [-0.05, 0) is 86.9 Å². The number of nitrogens with zero attached hydrogens (tertiary/aromatic N) is 4. The van der Waals surface area contributed by atoms with E-state index < -0.39 is 0 Å². The number of methoxy groups -OCH3 is 1. The van der Waals surface area contributed by atoms with Gasteiger partial charge in [0.25, 0.3) is 0 Å². The minimum absolute atomic E-state index is 0.147. The Balaban J connectivity index is 1.09. The molecule has 2 N–H and O–H groups in total. The van der Waals surface area contributed by atoms with E-state index in [9.17, 15) is 4.79 Å². The monoisotopic (exact) mass is 588 g/mol. The fourth-order valence-electron chi connectivity index (χ4n) is 5.17. The first-order chi connectivity index (χ1) is 21.1. The van der Waals surface area contributed by atoms with Crippen LogP contribution in [-0.4, -0.2) is 87.4 Å². The number of amides is 2. The van der Waals surface area contributed by atoms with E-state index in [0.29, 0.717) is 19.7 Å². The number of likely N-dealkylation sites (tertiary alicyclic amines) is 1. The van der Waals surface area contributed by atoms with E-state index in [4.69, 9.17) is 9.47 Å². The van der Waals surface area contributed by atoms with Crippen molar-refractivity contribution in [2.75, 3.05) is 71.5 Å². The molecule has 0 radical (unpaired) electrons. The van der Waals surface area contributed by atoms with E-state index in [2.05, 4.69) is 67.7 Å². The van der Waals surface area contributed by atoms with E-state index in [0.717, 1.165) is 56.5 Å². The molecule has 3 aromatic rings. The number of carbonyl (C=O) groups is 1. The number of piperidine rings is 1. The number of likely N-dealkylation sites (N-methyl/N-ethyl adjacent to an activating group) is 1. The number of rotatable bonds is 17. The average molecular weight is 589 g/mol. The van der Waals surface area contributed by atoms with Crippen LogP contribution in [0.3, 0.4) is 0 Å². The lowest BCUT2D eigenvalue weighted by Gasteiger charge is -2.27. The van der Waals surface area contributed by atoms with Gasteiger partial charge < -0.3 is 29.9 Å². The van der Waals surface area contributed by atoms with Gasteiger partial charge in [0, 0.05) is 52.0 Å². The molecule has 1 fully saturated rings. The van der Waals surface area contributed by atoms with Gasteiger partial charge in [-0.15, -0.1) is 0 Å². The van der Waals surface area contributed by atoms with Crippen LogP contribution in [0, 0.1) is 0 Å². The van der Waals surface area contributed by atoms with Crippen molar-refractivity contribution in [1.82, 2.24) is 25.4 Å². The molecule has 0 atom stereocenters. The van der Waals surface area contributed by atoms with Crippen molar-refractivity contribution in [3.8, 4) is 11.5 Å². The zero-order valence-electron chi connectivity index (χ0n) is 25.8. The average Bonchev–Trinajstić information content (AvgIpc) is 3.04. The molecule has 2 amide bonds. The highest BCUT2D eigenvalue weighted by molar-refractivity contribution is 5.73. The van der Waals surface area contributed by atoms with Crippen molar-refractivity contribution in [1.29, 1.82) is 0 Å². The summed E-state index contributed by atoms with van der Waals surface area (Å²) in [5.74, 6) is 2.69. The maximum absolute atomic E-state index is 12.3. The van der Waals surface area contributed by atoms with Crippen LogP contribution in [-0.2, 0) is 13.1 Å². The Bertz CT molecular complexity index is 1200. The zero-order chi connectivity index (χ0) is 30.1. The van der Waals surface area contributed by atoms with Gasteiger partial charge in [-0.3, -0.25) is 4.90 Å². The molecule has 0 aliphatic carbocycles. The lowest BCUT2D eigenvalue weighted by molar-refractivity contribution is 0.220. The largest absolute Gasteiger partial charge is 0.497 e. The second-order valence-corrected chi connectivity index (χ2v) is 11.1. The standard InChI is InChI=1S/C34H48N6O3/c1-38(23-24-40(33-12-4-5-17-35-33)28-29-13-15-31(42-2)16-14-29)22-19-37-34(41)36-18-9-25-43-32-11-8-10-30(26-32)27-39-20-6-3-7-21-39/h4-5,8,10-17,26H,3,6-7,9,18-25,27-28H2,1-2H3,(H2,36,37,41). The van der Waals surface area contributed by atoms with Crippen LogP contribution < -0.4 is 25.0 Å². The maximum Gasteiger partial charge on any atom is 0.314 e. The van der Waals surface area contributed by atoms with Crippen molar-refractivity contribution in [2.24, 2.45) is 0 Å². The third-order valence-electron chi connectivity index (χ3n) is 7.67. The Labute approximate surface area is 257 Å². The first-order valence-corrected chi connectivity index (χ1v) is 15.5. The van der Waals surface area contributed by atoms with Gasteiger partial charge in [-0.2, -0.15) is 0 Å². The number of aromatic nitrogens is 1. The van der Waals surface area contributed by atoms with Crippen molar-refractivity contribution < 1.29 is 14.3 Å². The first kappa shape index (κ1) is 32.1. The number of hydrogen-bond donors (Lipinski definition) is 2. The van der Waals surface area contributed by atoms with Gasteiger partial charge in [-0.1, -0.05) is 36.8 Å². The van der Waals surface area contributed by atoms with Crippen LogP contribution >= 0.6 is 0 Å². The third kappa shape index (κ3) is 11.8. The molecular weight excluding hydrogens is 540 g/mol. The van der Waals surface area contributed by atoms with Crippen LogP contribution in [0.5, 0.6) is 11.5 Å². The molecule has 9 heteroatoms. The number of anilines is 1. The maximum atomic E-state index is 12.3. The number of ether oxygens (including phenoxy) is 2. The van der Waals surface area contributed by atoms with Gasteiger partial charge in [0.15, 0.2) is 0 Å². The Morgan fingerprint density at radius 3 is 2.47 bits per heavy atom. The minimum Gasteiger partial charge on any atom is -0.497 e. The van der Waals surface area contributed by atoms with Crippen LogP contribution in [0.1, 0.15) is 36.8 Å². The molecule has 1 aromatic heterocycles. The summed E-state index contributed by atoms with van der Waals surface area (Å²) in [4.78, 5) is 23.8. The molecular formula is C34H48N6O3. The fraction of sp³-hybridized carbons (Fsp3) is 0.471. The van der Waals surface area contributed by atoms with Crippen LogP contribution in [0.2, 0.25) is 0 Å². The Morgan fingerprint density at radius 1 is 0.884 bits per heavy atom. The molecule has 232 valence electrons. The quantitative estimate of drug-likeness (QED) is 0.220. The van der Waals surface area contributed by atoms with E-state index >= 15 is 0 Å². The second kappa shape index (κ2) is 18.0. The topological polar surface area (TPSA) is 82.2 Å². The Kier molecular flexibility index (Phi) is 13.4. The summed E-state index contributed by atoms with van der Waals surface area (Å²) in [5.41, 5.74) is 2.49. The summed E-state index contributed by atoms with van der Waals surface area (Å²) in [6, 6.07) is 22.3. The van der Waals surface area contributed by atoms with E-state index in [1.54, 1.807) is 7.11 Å². The first-order valence-electron chi connectivity index (χ1n) is 15.5. The van der Waals surface area contributed by atoms with Crippen molar-refractivity contribution in [3.05, 3.63) is 84.1 Å². The summed E-state index contributed by atoms with van der Waals surface area (Å²) in [6.45, 7) is 8.23. The summed E-state index contributed by atoms with van der Waals surface area (Å²) >= 11 is 0. The normalized spacial score (nSPS) is 13.5. The smallest absolute Gasteiger partial charge is 0.314 e. The number of urea groups is 1. The lowest BCUT2D eigenvalue weighted by atomic mass is 10.1. The minimum atomic E-state index is -0.147. The SMILES string of the molecule is COc1ccc(CN(CCN(C)CCNC(=O)NCCCOc2cccc(CN3CCCCC3)c2)c2ccccn2)cc1. The molecule has 0 saturated carbocycles. The number of nitrogens with one attached hydrogen (secondary N) is 2. The lowest BCUT2D eigenvalue weighted by Crippen LogP contribution is -2.41. The van der Waals surface area contributed by atoms with Crippen LogP contribution in [0.4, 0.5) is 10.6 Å².